The fourth-order valence-corrected chi connectivity index (χ4v) is 5.36. The lowest BCUT2D eigenvalue weighted by Crippen LogP contribution is -2.30. The Balaban J connectivity index is 1.82. The molecule has 2 heterocycles. The number of halogens is 3. The first-order valence-corrected chi connectivity index (χ1v) is 10.1. The molecule has 0 N–H and O–H groups in total. The van der Waals surface area contributed by atoms with Gasteiger partial charge in [0.1, 0.15) is 11.2 Å². The van der Waals surface area contributed by atoms with Crippen LogP contribution in [0.1, 0.15) is 38.9 Å². The van der Waals surface area contributed by atoms with E-state index in [0.717, 1.165) is 22.8 Å². The third-order valence-electron chi connectivity index (χ3n) is 6.45. The topological polar surface area (TPSA) is 9.23 Å². The molecule has 0 amide bonds. The summed E-state index contributed by atoms with van der Waals surface area (Å²) in [5.74, 6) is 0. The average molecular weight is 414 g/mol. The van der Waals surface area contributed by atoms with Crippen molar-refractivity contribution >= 4 is 0 Å². The molecule has 2 bridgehead atoms. The van der Waals surface area contributed by atoms with E-state index in [9.17, 15) is 13.2 Å². The maximum Gasteiger partial charge on any atom is 0.416 e. The van der Waals surface area contributed by atoms with Crippen molar-refractivity contribution in [2.45, 2.75) is 17.4 Å². The van der Waals surface area contributed by atoms with E-state index < -0.39 is 22.9 Å². The number of hydrogen-bond acceptors (Lipinski definition) is 1. The Hall–Kier alpha value is -3.37. The normalized spacial score (nSPS) is 23.5. The first-order chi connectivity index (χ1) is 15.0. The number of benzene rings is 4. The second-order valence-corrected chi connectivity index (χ2v) is 7.97. The van der Waals surface area contributed by atoms with Crippen molar-refractivity contribution in [3.05, 3.63) is 142 Å². The minimum atomic E-state index is -4.51. The summed E-state index contributed by atoms with van der Waals surface area (Å²) in [7, 11) is 0. The van der Waals surface area contributed by atoms with Gasteiger partial charge >= 0.3 is 6.18 Å². The average Bonchev–Trinajstić information content (AvgIpc) is 3.30. The maximum absolute atomic E-state index is 14.3. The molecule has 6 rings (SSSR count). The summed E-state index contributed by atoms with van der Waals surface area (Å²) < 4.78 is 49.8. The third-order valence-corrected chi connectivity index (χ3v) is 6.45. The van der Waals surface area contributed by atoms with Crippen LogP contribution in [0.3, 0.4) is 0 Å². The van der Waals surface area contributed by atoms with Crippen LogP contribution in [-0.2, 0) is 22.1 Å². The zero-order valence-corrected chi connectivity index (χ0v) is 16.4. The van der Waals surface area contributed by atoms with Gasteiger partial charge in [-0.1, -0.05) is 97.1 Å². The predicted octanol–water partition coefficient (Wildman–Crippen LogP) is 6.63. The molecule has 4 aromatic rings. The van der Waals surface area contributed by atoms with Gasteiger partial charge in [0, 0.05) is 11.1 Å². The summed E-state index contributed by atoms with van der Waals surface area (Å²) in [5, 5.41) is 0. The highest BCUT2D eigenvalue weighted by Gasteiger charge is 2.66. The molecule has 1 nitrogen and oxygen atoms in total. The maximum atomic E-state index is 14.3. The first kappa shape index (κ1) is 18.4. The second-order valence-electron chi connectivity index (χ2n) is 7.97. The summed E-state index contributed by atoms with van der Waals surface area (Å²) in [5.41, 5.74) is 0.799. The molecule has 31 heavy (non-hydrogen) atoms. The van der Waals surface area contributed by atoms with Crippen LogP contribution in [-0.4, -0.2) is 0 Å². The lowest BCUT2D eigenvalue weighted by molar-refractivity contribution is -0.139. The van der Waals surface area contributed by atoms with E-state index in [-0.39, 0.29) is 5.56 Å². The number of rotatable bonds is 2. The smallest absolute Gasteiger partial charge is 0.340 e. The van der Waals surface area contributed by atoms with Gasteiger partial charge in [0.05, 0.1) is 5.56 Å². The Kier molecular flexibility index (Phi) is 3.61. The van der Waals surface area contributed by atoms with Crippen molar-refractivity contribution in [3.8, 4) is 0 Å². The fourth-order valence-electron chi connectivity index (χ4n) is 5.36. The molecule has 2 unspecified atom stereocenters. The summed E-state index contributed by atoms with van der Waals surface area (Å²) in [6, 6.07) is 30.8. The van der Waals surface area contributed by atoms with Gasteiger partial charge in [0.2, 0.25) is 0 Å². The van der Waals surface area contributed by atoms with Crippen molar-refractivity contribution in [1.82, 2.24) is 0 Å². The van der Waals surface area contributed by atoms with Crippen molar-refractivity contribution in [2.75, 3.05) is 0 Å². The Morgan fingerprint density at radius 1 is 0.516 bits per heavy atom. The van der Waals surface area contributed by atoms with Crippen LogP contribution >= 0.6 is 0 Å². The van der Waals surface area contributed by atoms with Crippen LogP contribution in [0.15, 0.2) is 103 Å². The van der Waals surface area contributed by atoms with Crippen LogP contribution in [0.4, 0.5) is 13.2 Å². The zero-order valence-electron chi connectivity index (χ0n) is 16.4. The van der Waals surface area contributed by atoms with Crippen molar-refractivity contribution < 1.29 is 17.9 Å². The molecule has 0 saturated heterocycles. The molecule has 0 fully saturated rings. The van der Waals surface area contributed by atoms with E-state index in [4.69, 9.17) is 4.74 Å². The summed E-state index contributed by atoms with van der Waals surface area (Å²) >= 11 is 0. The minimum absolute atomic E-state index is 0.191. The van der Waals surface area contributed by atoms with Gasteiger partial charge < -0.3 is 4.74 Å². The molecule has 2 aliphatic heterocycles. The van der Waals surface area contributed by atoms with Gasteiger partial charge in [-0.2, -0.15) is 13.2 Å². The first-order valence-electron chi connectivity index (χ1n) is 10.1. The zero-order chi connectivity index (χ0) is 21.3. The number of hydrogen-bond donors (Lipinski definition) is 0. The van der Waals surface area contributed by atoms with E-state index in [1.807, 2.05) is 84.9 Å². The molecule has 0 aliphatic carbocycles. The van der Waals surface area contributed by atoms with Crippen molar-refractivity contribution in [3.63, 3.8) is 0 Å². The molecule has 4 aromatic carbocycles. The molecular formula is C27H17F3O. The van der Waals surface area contributed by atoms with E-state index in [0.29, 0.717) is 11.1 Å². The van der Waals surface area contributed by atoms with Gasteiger partial charge in [0.15, 0.2) is 0 Å². The van der Waals surface area contributed by atoms with Crippen LogP contribution in [0.25, 0.3) is 0 Å². The van der Waals surface area contributed by atoms with Gasteiger partial charge in [0.25, 0.3) is 0 Å². The van der Waals surface area contributed by atoms with E-state index in [1.165, 1.54) is 6.07 Å². The van der Waals surface area contributed by atoms with Crippen LogP contribution in [0, 0.1) is 0 Å². The van der Waals surface area contributed by atoms with E-state index >= 15 is 0 Å². The van der Waals surface area contributed by atoms with E-state index in [1.54, 1.807) is 6.07 Å². The number of alkyl halides is 3. The largest absolute Gasteiger partial charge is 0.416 e. The van der Waals surface area contributed by atoms with Gasteiger partial charge in [-0.15, -0.1) is 0 Å². The Labute approximate surface area is 177 Å². The molecule has 0 spiro atoms. The molecule has 0 saturated carbocycles. The summed E-state index contributed by atoms with van der Waals surface area (Å²) in [6.45, 7) is 0. The number of fused-ring (bicyclic) bond motifs is 8. The van der Waals surface area contributed by atoms with Crippen molar-refractivity contribution in [2.24, 2.45) is 0 Å². The standard InChI is InChI=1S/C27H17F3O/c28-27(29,30)23-17-9-16-22-24(23)26(19-12-5-2-6-13-19)21-15-8-7-14-20(21)25(22,31-26)18-10-3-1-4-11-18/h1-17H. The molecular weight excluding hydrogens is 397 g/mol. The lowest BCUT2D eigenvalue weighted by Gasteiger charge is -2.32. The lowest BCUT2D eigenvalue weighted by atomic mass is 9.67. The molecule has 2 aliphatic rings. The van der Waals surface area contributed by atoms with Gasteiger partial charge in [-0.25, -0.2) is 0 Å². The highest BCUT2D eigenvalue weighted by molar-refractivity contribution is 5.71. The van der Waals surface area contributed by atoms with Gasteiger partial charge in [-0.3, -0.25) is 0 Å². The molecule has 4 heteroatoms. The van der Waals surface area contributed by atoms with E-state index in [2.05, 4.69) is 0 Å². The molecule has 0 aromatic heterocycles. The number of ether oxygens (including phenoxy) is 1. The SMILES string of the molecule is FC(F)(F)c1cccc2c1C1(c3ccccc3)OC2(c2ccccc2)c2ccccc21. The third kappa shape index (κ3) is 2.20. The molecule has 2 atom stereocenters. The minimum Gasteiger partial charge on any atom is -0.340 e. The predicted molar refractivity (Wildman–Crippen MR) is 112 cm³/mol. The highest BCUT2D eigenvalue weighted by Crippen LogP contribution is 2.67. The Bertz CT molecular complexity index is 1300. The summed E-state index contributed by atoms with van der Waals surface area (Å²) in [4.78, 5) is 0. The van der Waals surface area contributed by atoms with Gasteiger partial charge in [-0.05, 0) is 28.3 Å². The van der Waals surface area contributed by atoms with Crippen LogP contribution < -0.4 is 0 Å². The second kappa shape index (κ2) is 6.08. The summed E-state index contributed by atoms with van der Waals surface area (Å²) in [6.07, 6.45) is -4.51. The molecule has 152 valence electrons. The highest BCUT2D eigenvalue weighted by atomic mass is 19.4. The van der Waals surface area contributed by atoms with Crippen molar-refractivity contribution in [1.29, 1.82) is 0 Å². The Morgan fingerprint density at radius 3 is 1.58 bits per heavy atom. The van der Waals surface area contributed by atoms with Crippen LogP contribution in [0.2, 0.25) is 0 Å². The quantitative estimate of drug-likeness (QED) is 0.358. The fraction of sp³-hybridized carbons (Fsp3) is 0.111. The Morgan fingerprint density at radius 2 is 1.00 bits per heavy atom. The molecule has 0 radical (unpaired) electrons. The van der Waals surface area contributed by atoms with Crippen LogP contribution in [0.5, 0.6) is 0 Å². The monoisotopic (exact) mass is 414 g/mol.